The van der Waals surface area contributed by atoms with Crippen LogP contribution >= 0.6 is 27.5 Å². The molecule has 3 nitrogen and oxygen atoms in total. The number of nitrogens with one attached hydrogen (secondary N) is 1. The molecule has 1 aromatic carbocycles. The summed E-state index contributed by atoms with van der Waals surface area (Å²) in [4.78, 5) is 17.5. The zero-order valence-electron chi connectivity index (χ0n) is 6.64. The van der Waals surface area contributed by atoms with Gasteiger partial charge in [-0.25, -0.2) is 9.37 Å². The maximum Gasteiger partial charge on any atom is 0.259 e. The Morgan fingerprint density at radius 3 is 2.93 bits per heavy atom. The van der Waals surface area contributed by atoms with Crippen molar-refractivity contribution in [1.82, 2.24) is 9.97 Å². The minimum atomic E-state index is -0.501. The Balaban J connectivity index is 3.02. The SMILES string of the molecule is O=c1[nH]c(Cl)nc2c(Br)cc(F)cc12. The van der Waals surface area contributed by atoms with Gasteiger partial charge in [0.2, 0.25) is 5.28 Å². The number of fused-ring (bicyclic) bond motifs is 1. The lowest BCUT2D eigenvalue weighted by molar-refractivity contribution is 0.628. The van der Waals surface area contributed by atoms with Gasteiger partial charge in [-0.2, -0.15) is 0 Å². The molecule has 14 heavy (non-hydrogen) atoms. The molecule has 2 aromatic rings. The van der Waals surface area contributed by atoms with Crippen LogP contribution in [0.25, 0.3) is 10.9 Å². The number of H-pyrrole nitrogens is 1. The van der Waals surface area contributed by atoms with E-state index in [1.165, 1.54) is 6.07 Å². The van der Waals surface area contributed by atoms with E-state index < -0.39 is 11.4 Å². The first-order valence-corrected chi connectivity index (χ1v) is 4.79. The first-order valence-electron chi connectivity index (χ1n) is 3.62. The Morgan fingerprint density at radius 1 is 1.50 bits per heavy atom. The van der Waals surface area contributed by atoms with E-state index in [4.69, 9.17) is 11.6 Å². The van der Waals surface area contributed by atoms with Gasteiger partial charge < -0.3 is 0 Å². The van der Waals surface area contributed by atoms with Crippen LogP contribution in [-0.4, -0.2) is 9.97 Å². The summed E-state index contributed by atoms with van der Waals surface area (Å²) in [5, 5.41) is 0.149. The summed E-state index contributed by atoms with van der Waals surface area (Å²) in [6.07, 6.45) is 0. The van der Waals surface area contributed by atoms with Crippen molar-refractivity contribution in [3.05, 3.63) is 38.1 Å². The van der Waals surface area contributed by atoms with Gasteiger partial charge in [0.1, 0.15) is 5.82 Å². The first-order chi connectivity index (χ1) is 6.58. The molecule has 1 heterocycles. The Morgan fingerprint density at radius 2 is 2.21 bits per heavy atom. The largest absolute Gasteiger partial charge is 0.297 e. The van der Waals surface area contributed by atoms with Crippen LogP contribution in [0, 0.1) is 5.82 Å². The van der Waals surface area contributed by atoms with E-state index >= 15 is 0 Å². The predicted octanol–water partition coefficient (Wildman–Crippen LogP) is 2.48. The molecular weight excluding hydrogens is 274 g/mol. The number of hydrogen-bond acceptors (Lipinski definition) is 2. The van der Waals surface area contributed by atoms with Gasteiger partial charge in [0, 0.05) is 4.47 Å². The third kappa shape index (κ3) is 1.53. The van der Waals surface area contributed by atoms with Crippen molar-refractivity contribution in [2.24, 2.45) is 0 Å². The Kier molecular flexibility index (Phi) is 2.28. The lowest BCUT2D eigenvalue weighted by atomic mass is 10.2. The normalized spacial score (nSPS) is 10.8. The number of aromatic nitrogens is 2. The molecule has 0 fully saturated rings. The van der Waals surface area contributed by atoms with E-state index in [0.29, 0.717) is 9.99 Å². The molecule has 0 radical (unpaired) electrons. The number of halogens is 3. The molecular formula is C8H3BrClFN2O. The summed E-state index contributed by atoms with van der Waals surface area (Å²) in [6, 6.07) is 2.34. The first kappa shape index (κ1) is 9.61. The second-order valence-corrected chi connectivity index (χ2v) is 3.85. The quantitative estimate of drug-likeness (QED) is 0.752. The molecule has 0 aliphatic heterocycles. The Hall–Kier alpha value is -0.940. The van der Waals surface area contributed by atoms with Crippen LogP contribution in [-0.2, 0) is 0 Å². The van der Waals surface area contributed by atoms with Crippen molar-refractivity contribution < 1.29 is 4.39 Å². The summed E-state index contributed by atoms with van der Waals surface area (Å²) in [7, 11) is 0. The Bertz CT molecular complexity index is 569. The zero-order valence-corrected chi connectivity index (χ0v) is 8.99. The standard InChI is InChI=1S/C8H3BrClFN2O/c9-5-2-3(11)1-4-6(5)12-8(10)13-7(4)14/h1-2H,(H,12,13,14). The molecule has 0 aliphatic rings. The van der Waals surface area contributed by atoms with Crippen LogP contribution in [0.2, 0.25) is 5.28 Å². The van der Waals surface area contributed by atoms with E-state index in [2.05, 4.69) is 25.9 Å². The molecule has 72 valence electrons. The van der Waals surface area contributed by atoms with Crippen molar-refractivity contribution in [2.45, 2.75) is 0 Å². The van der Waals surface area contributed by atoms with Gasteiger partial charge in [0.05, 0.1) is 10.9 Å². The average molecular weight is 277 g/mol. The summed E-state index contributed by atoms with van der Waals surface area (Å²) < 4.78 is 13.3. The van der Waals surface area contributed by atoms with Gasteiger partial charge in [0.15, 0.2) is 0 Å². The number of aromatic amines is 1. The molecule has 0 aliphatic carbocycles. The predicted molar refractivity (Wildman–Crippen MR) is 55.0 cm³/mol. The minimum Gasteiger partial charge on any atom is -0.297 e. The van der Waals surface area contributed by atoms with Crippen molar-refractivity contribution >= 4 is 38.4 Å². The number of benzene rings is 1. The third-order valence-electron chi connectivity index (χ3n) is 1.70. The highest BCUT2D eigenvalue weighted by Gasteiger charge is 2.07. The third-order valence-corrected chi connectivity index (χ3v) is 2.48. The van der Waals surface area contributed by atoms with Crippen LogP contribution in [0.1, 0.15) is 0 Å². The van der Waals surface area contributed by atoms with Crippen LogP contribution < -0.4 is 5.56 Å². The number of hydrogen-bond donors (Lipinski definition) is 1. The highest BCUT2D eigenvalue weighted by Crippen LogP contribution is 2.21. The maximum atomic E-state index is 12.9. The van der Waals surface area contributed by atoms with E-state index in [1.807, 2.05) is 0 Å². The van der Waals surface area contributed by atoms with Crippen LogP contribution in [0.4, 0.5) is 4.39 Å². The molecule has 0 amide bonds. The van der Waals surface area contributed by atoms with Gasteiger partial charge in [-0.05, 0) is 39.7 Å². The monoisotopic (exact) mass is 276 g/mol. The number of nitrogens with zero attached hydrogens (tertiary/aromatic N) is 1. The fourth-order valence-electron chi connectivity index (χ4n) is 1.14. The molecule has 0 spiro atoms. The van der Waals surface area contributed by atoms with Gasteiger partial charge in [-0.1, -0.05) is 0 Å². The topological polar surface area (TPSA) is 45.8 Å². The zero-order chi connectivity index (χ0) is 10.3. The second kappa shape index (κ2) is 3.33. The second-order valence-electron chi connectivity index (χ2n) is 2.64. The summed E-state index contributed by atoms with van der Waals surface area (Å²) in [5.41, 5.74) is -0.111. The fraction of sp³-hybridized carbons (Fsp3) is 0. The van der Waals surface area contributed by atoms with Crippen molar-refractivity contribution in [1.29, 1.82) is 0 Å². The molecule has 0 saturated heterocycles. The molecule has 2 rings (SSSR count). The molecule has 0 atom stereocenters. The van der Waals surface area contributed by atoms with Crippen LogP contribution in [0.15, 0.2) is 21.4 Å². The van der Waals surface area contributed by atoms with Gasteiger partial charge in [0.25, 0.3) is 5.56 Å². The Labute approximate surface area is 91.1 Å². The summed E-state index contributed by atoms with van der Waals surface area (Å²) in [6.45, 7) is 0. The van der Waals surface area contributed by atoms with Gasteiger partial charge in [-0.3, -0.25) is 9.78 Å². The molecule has 1 aromatic heterocycles. The van der Waals surface area contributed by atoms with Crippen molar-refractivity contribution in [3.63, 3.8) is 0 Å². The van der Waals surface area contributed by atoms with E-state index in [0.717, 1.165) is 6.07 Å². The van der Waals surface area contributed by atoms with Gasteiger partial charge in [-0.15, -0.1) is 0 Å². The maximum absolute atomic E-state index is 12.9. The van der Waals surface area contributed by atoms with E-state index in [9.17, 15) is 9.18 Å². The minimum absolute atomic E-state index is 0.0187. The fourth-order valence-corrected chi connectivity index (χ4v) is 1.83. The highest BCUT2D eigenvalue weighted by molar-refractivity contribution is 9.10. The van der Waals surface area contributed by atoms with Crippen molar-refractivity contribution in [2.75, 3.05) is 0 Å². The highest BCUT2D eigenvalue weighted by atomic mass is 79.9. The lowest BCUT2D eigenvalue weighted by Gasteiger charge is -1.99. The lowest BCUT2D eigenvalue weighted by Crippen LogP contribution is -2.08. The molecule has 0 bridgehead atoms. The summed E-state index contributed by atoms with van der Waals surface area (Å²) >= 11 is 8.66. The van der Waals surface area contributed by atoms with Crippen LogP contribution in [0.5, 0.6) is 0 Å². The number of rotatable bonds is 0. The van der Waals surface area contributed by atoms with Gasteiger partial charge >= 0.3 is 0 Å². The molecule has 6 heteroatoms. The van der Waals surface area contributed by atoms with Crippen LogP contribution in [0.3, 0.4) is 0 Å². The molecule has 0 unspecified atom stereocenters. The average Bonchev–Trinajstić information content (AvgIpc) is 2.07. The van der Waals surface area contributed by atoms with Crippen molar-refractivity contribution in [3.8, 4) is 0 Å². The molecule has 0 saturated carbocycles. The smallest absolute Gasteiger partial charge is 0.259 e. The summed E-state index contributed by atoms with van der Waals surface area (Å²) in [5.74, 6) is -0.501. The van der Waals surface area contributed by atoms with E-state index in [1.54, 1.807) is 0 Å². The van der Waals surface area contributed by atoms with E-state index in [-0.39, 0.29) is 10.7 Å². The molecule has 1 N–H and O–H groups in total.